The molecular weight excluding hydrogens is 377 g/mol. The monoisotopic (exact) mass is 391 g/mol. The predicted octanol–water partition coefficient (Wildman–Crippen LogP) is 6.40. The summed E-state index contributed by atoms with van der Waals surface area (Å²) in [6, 6.07) is 23.9. The molecule has 1 aliphatic rings. The molecule has 5 rings (SSSR count). The van der Waals surface area contributed by atoms with Crippen LogP contribution in [0.4, 0.5) is 5.95 Å². The van der Waals surface area contributed by atoms with E-state index in [-0.39, 0.29) is 6.04 Å². The number of allylic oxidation sites excluding steroid dienone is 1. The van der Waals surface area contributed by atoms with Gasteiger partial charge in [0.25, 0.3) is 0 Å². The molecule has 0 aliphatic carbocycles. The number of rotatable bonds is 2. The number of benzene rings is 3. The molecule has 0 radical (unpaired) electrons. The van der Waals surface area contributed by atoms with Gasteiger partial charge in [-0.05, 0) is 41.5 Å². The van der Waals surface area contributed by atoms with Gasteiger partial charge in [-0.1, -0.05) is 71.7 Å². The van der Waals surface area contributed by atoms with Gasteiger partial charge in [0.2, 0.25) is 5.95 Å². The number of nitrogens with zero attached hydrogens (tertiary/aromatic N) is 2. The molecule has 3 aromatic carbocycles. The molecule has 1 N–H and O–H groups in total. The van der Waals surface area contributed by atoms with Crippen LogP contribution in [-0.4, -0.2) is 9.55 Å². The van der Waals surface area contributed by atoms with E-state index < -0.39 is 0 Å². The van der Waals surface area contributed by atoms with Crippen LogP contribution < -0.4 is 5.32 Å². The first-order valence-corrected chi connectivity index (χ1v) is 9.42. The van der Waals surface area contributed by atoms with Gasteiger partial charge in [-0.2, -0.15) is 0 Å². The van der Waals surface area contributed by atoms with Crippen LogP contribution in [0, 0.1) is 0 Å². The van der Waals surface area contributed by atoms with Gasteiger partial charge in [0, 0.05) is 15.7 Å². The lowest BCUT2D eigenvalue weighted by atomic mass is 10.0. The van der Waals surface area contributed by atoms with Crippen LogP contribution in [0.3, 0.4) is 0 Å². The minimum absolute atomic E-state index is 0.0892. The first-order chi connectivity index (χ1) is 13.2. The van der Waals surface area contributed by atoms with E-state index in [2.05, 4.69) is 34.2 Å². The molecule has 3 nitrogen and oxygen atoms in total. The van der Waals surface area contributed by atoms with Gasteiger partial charge in [-0.3, -0.25) is 4.57 Å². The van der Waals surface area contributed by atoms with E-state index in [1.807, 2.05) is 48.5 Å². The maximum Gasteiger partial charge on any atom is 0.209 e. The van der Waals surface area contributed by atoms with Crippen molar-refractivity contribution in [3.63, 3.8) is 0 Å². The lowest BCUT2D eigenvalue weighted by Crippen LogP contribution is -2.19. The summed E-state index contributed by atoms with van der Waals surface area (Å²) in [5.74, 6) is 0.800. The SMILES string of the molecule is Clc1ccc([C@H]2C=C(c3ccccc3)Nc3nc4ccccc4n32)c(Cl)c1. The molecule has 0 spiro atoms. The molecule has 4 aromatic rings. The summed E-state index contributed by atoms with van der Waals surface area (Å²) in [5.41, 5.74) is 5.10. The van der Waals surface area contributed by atoms with E-state index >= 15 is 0 Å². The van der Waals surface area contributed by atoms with Crippen LogP contribution in [0.25, 0.3) is 16.7 Å². The first kappa shape index (κ1) is 16.4. The van der Waals surface area contributed by atoms with E-state index in [0.29, 0.717) is 10.0 Å². The summed E-state index contributed by atoms with van der Waals surface area (Å²) in [7, 11) is 0. The molecule has 1 aromatic heterocycles. The Morgan fingerprint density at radius 3 is 2.48 bits per heavy atom. The summed E-state index contributed by atoms with van der Waals surface area (Å²) in [6.45, 7) is 0. The van der Waals surface area contributed by atoms with E-state index in [0.717, 1.165) is 33.8 Å². The molecular formula is C22H15Cl2N3. The van der Waals surface area contributed by atoms with Crippen molar-refractivity contribution in [1.82, 2.24) is 9.55 Å². The fourth-order valence-electron chi connectivity index (χ4n) is 3.57. The van der Waals surface area contributed by atoms with Crippen molar-refractivity contribution in [2.75, 3.05) is 5.32 Å². The third-order valence-electron chi connectivity index (χ3n) is 4.81. The van der Waals surface area contributed by atoms with Crippen molar-refractivity contribution in [2.45, 2.75) is 6.04 Å². The van der Waals surface area contributed by atoms with Crippen LogP contribution in [-0.2, 0) is 0 Å². The third kappa shape index (κ3) is 2.80. The molecule has 27 heavy (non-hydrogen) atoms. The molecule has 1 atom stereocenters. The Morgan fingerprint density at radius 1 is 0.889 bits per heavy atom. The molecule has 0 fully saturated rings. The number of aromatic nitrogens is 2. The highest BCUT2D eigenvalue weighted by molar-refractivity contribution is 6.35. The number of fused-ring (bicyclic) bond motifs is 3. The van der Waals surface area contributed by atoms with E-state index in [9.17, 15) is 0 Å². The molecule has 0 saturated carbocycles. The summed E-state index contributed by atoms with van der Waals surface area (Å²) in [4.78, 5) is 4.79. The number of halogens is 2. The Morgan fingerprint density at radius 2 is 1.67 bits per heavy atom. The summed E-state index contributed by atoms with van der Waals surface area (Å²) >= 11 is 12.7. The van der Waals surface area contributed by atoms with E-state index in [1.54, 1.807) is 6.07 Å². The fraction of sp³-hybridized carbons (Fsp3) is 0.0455. The van der Waals surface area contributed by atoms with Gasteiger partial charge in [-0.15, -0.1) is 0 Å². The van der Waals surface area contributed by atoms with Crippen LogP contribution >= 0.6 is 23.2 Å². The van der Waals surface area contributed by atoms with Gasteiger partial charge in [0.05, 0.1) is 17.1 Å². The molecule has 1 aliphatic heterocycles. The zero-order valence-electron chi connectivity index (χ0n) is 14.2. The average Bonchev–Trinajstić information content (AvgIpc) is 3.07. The number of hydrogen-bond acceptors (Lipinski definition) is 2. The lowest BCUT2D eigenvalue weighted by Gasteiger charge is -2.27. The Kier molecular flexibility index (Phi) is 3.92. The zero-order chi connectivity index (χ0) is 18.4. The molecule has 0 bridgehead atoms. The third-order valence-corrected chi connectivity index (χ3v) is 5.37. The second-order valence-electron chi connectivity index (χ2n) is 6.48. The van der Waals surface area contributed by atoms with Crippen LogP contribution in [0.1, 0.15) is 17.2 Å². The molecule has 2 heterocycles. The minimum Gasteiger partial charge on any atom is -0.325 e. The predicted molar refractivity (Wildman–Crippen MR) is 112 cm³/mol. The highest BCUT2D eigenvalue weighted by atomic mass is 35.5. The first-order valence-electron chi connectivity index (χ1n) is 8.67. The molecule has 0 unspecified atom stereocenters. The van der Waals surface area contributed by atoms with Gasteiger partial charge in [0.15, 0.2) is 0 Å². The molecule has 132 valence electrons. The smallest absolute Gasteiger partial charge is 0.209 e. The van der Waals surface area contributed by atoms with Gasteiger partial charge >= 0.3 is 0 Å². The van der Waals surface area contributed by atoms with Gasteiger partial charge < -0.3 is 5.32 Å². The Balaban J connectivity index is 1.76. The largest absolute Gasteiger partial charge is 0.325 e. The zero-order valence-corrected chi connectivity index (χ0v) is 15.7. The standard InChI is InChI=1S/C22H15Cl2N3/c23-15-10-11-16(17(24)12-15)21-13-19(14-6-2-1-3-7-14)26-22-25-18-8-4-5-9-20(18)27(21)22/h1-13,21H,(H,25,26)/t21-/m1/s1. The van der Waals surface area contributed by atoms with Crippen molar-refractivity contribution in [1.29, 1.82) is 0 Å². The minimum atomic E-state index is -0.0892. The second-order valence-corrected chi connectivity index (χ2v) is 7.32. The summed E-state index contributed by atoms with van der Waals surface area (Å²) < 4.78 is 2.18. The Hall–Kier alpha value is -2.75. The fourth-order valence-corrected chi connectivity index (χ4v) is 4.09. The lowest BCUT2D eigenvalue weighted by molar-refractivity contribution is 0.720. The number of anilines is 1. The molecule has 0 saturated heterocycles. The maximum atomic E-state index is 6.57. The Bertz CT molecular complexity index is 1180. The second kappa shape index (κ2) is 6.45. The molecule has 0 amide bonds. The summed E-state index contributed by atoms with van der Waals surface area (Å²) in [5, 5.41) is 4.74. The number of nitrogens with one attached hydrogen (secondary N) is 1. The van der Waals surface area contributed by atoms with E-state index in [1.165, 1.54) is 0 Å². The highest BCUT2D eigenvalue weighted by Gasteiger charge is 2.26. The van der Waals surface area contributed by atoms with Crippen LogP contribution in [0.15, 0.2) is 78.9 Å². The summed E-state index contributed by atoms with van der Waals surface area (Å²) in [6.07, 6.45) is 2.19. The van der Waals surface area contributed by atoms with Crippen LogP contribution in [0.2, 0.25) is 10.0 Å². The Labute approximate surface area is 166 Å². The average molecular weight is 392 g/mol. The van der Waals surface area contributed by atoms with Crippen molar-refractivity contribution >= 4 is 45.9 Å². The van der Waals surface area contributed by atoms with Crippen molar-refractivity contribution < 1.29 is 0 Å². The van der Waals surface area contributed by atoms with E-state index in [4.69, 9.17) is 28.2 Å². The van der Waals surface area contributed by atoms with Gasteiger partial charge in [0.1, 0.15) is 0 Å². The highest BCUT2D eigenvalue weighted by Crippen LogP contribution is 2.39. The topological polar surface area (TPSA) is 29.9 Å². The number of para-hydroxylation sites is 2. The maximum absolute atomic E-state index is 6.57. The van der Waals surface area contributed by atoms with Crippen molar-refractivity contribution in [3.05, 3.63) is 100 Å². The van der Waals surface area contributed by atoms with Crippen LogP contribution in [0.5, 0.6) is 0 Å². The van der Waals surface area contributed by atoms with Gasteiger partial charge in [-0.25, -0.2) is 4.98 Å². The number of imidazole rings is 1. The quantitative estimate of drug-likeness (QED) is 0.428. The van der Waals surface area contributed by atoms with Crippen molar-refractivity contribution in [3.8, 4) is 0 Å². The normalized spacial score (nSPS) is 15.9. The number of hydrogen-bond donors (Lipinski definition) is 1. The molecule has 5 heteroatoms. The van der Waals surface area contributed by atoms with Crippen molar-refractivity contribution in [2.24, 2.45) is 0 Å².